The van der Waals surface area contributed by atoms with Gasteiger partial charge < -0.3 is 5.73 Å². The van der Waals surface area contributed by atoms with E-state index in [2.05, 4.69) is 28.6 Å². The van der Waals surface area contributed by atoms with Gasteiger partial charge in [0, 0.05) is 23.2 Å². The first-order valence-corrected chi connectivity index (χ1v) is 5.89. The fraction of sp³-hybridized carbons (Fsp3) is 0. The number of nitrogens with two attached hydrogens (primary N) is 1. The Kier molecular flexibility index (Phi) is 2.11. The number of benzene rings is 1. The van der Waals surface area contributed by atoms with E-state index in [4.69, 9.17) is 5.73 Å². The Labute approximate surface area is 97.4 Å². The number of pyridine rings is 1. The fourth-order valence-electron chi connectivity index (χ4n) is 1.77. The van der Waals surface area contributed by atoms with Gasteiger partial charge >= 0.3 is 0 Å². The molecule has 0 atom stereocenters. The highest BCUT2D eigenvalue weighted by Gasteiger charge is 2.01. The molecular formula is C13H10N2S. The van der Waals surface area contributed by atoms with Crippen molar-refractivity contribution in [3.63, 3.8) is 0 Å². The molecule has 0 aliphatic rings. The first-order chi connectivity index (χ1) is 7.83. The number of aromatic nitrogens is 1. The smallest absolute Gasteiger partial charge is 0.0862 e. The first-order valence-electron chi connectivity index (χ1n) is 5.01. The van der Waals surface area contributed by atoms with E-state index >= 15 is 0 Å². The summed E-state index contributed by atoms with van der Waals surface area (Å²) in [4.78, 5) is 4.10. The Morgan fingerprint density at radius 3 is 2.75 bits per heavy atom. The van der Waals surface area contributed by atoms with Gasteiger partial charge in [-0.2, -0.15) is 0 Å². The number of nitrogens with zero attached hydrogens (tertiary/aromatic N) is 1. The second-order valence-corrected chi connectivity index (χ2v) is 4.62. The Morgan fingerprint density at radius 1 is 1.00 bits per heavy atom. The lowest BCUT2D eigenvalue weighted by atomic mass is 10.1. The highest BCUT2D eigenvalue weighted by Crippen LogP contribution is 2.29. The predicted octanol–water partition coefficient (Wildman–Crippen LogP) is 3.55. The van der Waals surface area contributed by atoms with Crippen molar-refractivity contribution in [3.8, 4) is 11.1 Å². The second-order valence-electron chi connectivity index (χ2n) is 3.68. The lowest BCUT2D eigenvalue weighted by molar-refractivity contribution is 1.36. The summed E-state index contributed by atoms with van der Waals surface area (Å²) in [5, 5.41) is 5.30. The lowest BCUT2D eigenvalue weighted by Gasteiger charge is -2.00. The minimum absolute atomic E-state index is 0.852. The van der Waals surface area contributed by atoms with Crippen LogP contribution in [-0.4, -0.2) is 4.98 Å². The van der Waals surface area contributed by atoms with E-state index in [9.17, 15) is 0 Å². The highest BCUT2D eigenvalue weighted by atomic mass is 32.1. The van der Waals surface area contributed by atoms with E-state index < -0.39 is 0 Å². The number of thiophene rings is 1. The molecule has 78 valence electrons. The largest absolute Gasteiger partial charge is 0.391 e. The maximum Gasteiger partial charge on any atom is 0.0862 e. The number of anilines is 1. The zero-order chi connectivity index (χ0) is 11.0. The van der Waals surface area contributed by atoms with Crippen LogP contribution in [0.15, 0.2) is 48.1 Å². The van der Waals surface area contributed by atoms with Gasteiger partial charge in [0.15, 0.2) is 0 Å². The second kappa shape index (κ2) is 3.61. The molecule has 0 aliphatic heterocycles. The van der Waals surface area contributed by atoms with Crippen LogP contribution in [0.2, 0.25) is 0 Å². The normalized spacial score (nSPS) is 10.8. The monoisotopic (exact) mass is 226 g/mol. The molecule has 3 rings (SSSR count). The molecule has 2 heterocycles. The van der Waals surface area contributed by atoms with E-state index in [0.717, 1.165) is 10.4 Å². The summed E-state index contributed by atoms with van der Waals surface area (Å²) in [6.45, 7) is 0. The van der Waals surface area contributed by atoms with Crippen LogP contribution < -0.4 is 5.73 Å². The van der Waals surface area contributed by atoms with Gasteiger partial charge in [0.2, 0.25) is 0 Å². The molecule has 0 aliphatic carbocycles. The third kappa shape index (κ3) is 1.55. The average Bonchev–Trinajstić information content (AvgIpc) is 2.75. The third-order valence-electron chi connectivity index (χ3n) is 2.59. The van der Waals surface area contributed by atoms with Crippen LogP contribution in [0.5, 0.6) is 0 Å². The SMILES string of the molecule is Nc1cc(-c2ccc3cnccc3c2)cs1. The van der Waals surface area contributed by atoms with Crippen molar-refractivity contribution in [3.05, 3.63) is 48.1 Å². The van der Waals surface area contributed by atoms with Crippen LogP contribution in [0.1, 0.15) is 0 Å². The summed E-state index contributed by atoms with van der Waals surface area (Å²) >= 11 is 1.57. The standard InChI is InChI=1S/C13H10N2S/c14-13-6-12(8-16-13)9-1-2-11-7-15-4-3-10(11)5-9/h1-8H,14H2. The lowest BCUT2D eigenvalue weighted by Crippen LogP contribution is -1.78. The molecule has 0 saturated heterocycles. The van der Waals surface area contributed by atoms with Gasteiger partial charge in [-0.3, -0.25) is 4.98 Å². The molecule has 0 amide bonds. The first kappa shape index (κ1) is 9.36. The highest BCUT2D eigenvalue weighted by molar-refractivity contribution is 7.14. The van der Waals surface area contributed by atoms with E-state index in [0.29, 0.717) is 0 Å². The molecule has 0 unspecified atom stereocenters. The Morgan fingerprint density at radius 2 is 1.94 bits per heavy atom. The van der Waals surface area contributed by atoms with Crippen LogP contribution in [-0.2, 0) is 0 Å². The van der Waals surface area contributed by atoms with Crippen LogP contribution in [0, 0.1) is 0 Å². The average molecular weight is 226 g/mol. The van der Waals surface area contributed by atoms with Crippen LogP contribution in [0.3, 0.4) is 0 Å². The van der Waals surface area contributed by atoms with Crippen LogP contribution in [0.25, 0.3) is 21.9 Å². The van der Waals surface area contributed by atoms with E-state index in [1.54, 1.807) is 11.3 Å². The molecule has 1 aromatic carbocycles. The number of nitrogen functional groups attached to an aromatic ring is 1. The van der Waals surface area contributed by atoms with E-state index in [-0.39, 0.29) is 0 Å². The summed E-state index contributed by atoms with van der Waals surface area (Å²) in [6, 6.07) is 10.4. The van der Waals surface area contributed by atoms with Crippen LogP contribution in [0.4, 0.5) is 5.00 Å². The van der Waals surface area contributed by atoms with Crippen molar-refractivity contribution in [2.24, 2.45) is 0 Å². The van der Waals surface area contributed by atoms with Crippen LogP contribution >= 0.6 is 11.3 Å². The molecule has 16 heavy (non-hydrogen) atoms. The molecule has 0 fully saturated rings. The number of hydrogen-bond acceptors (Lipinski definition) is 3. The van der Waals surface area contributed by atoms with Gasteiger partial charge in [0.1, 0.15) is 0 Å². The van der Waals surface area contributed by atoms with Crippen molar-refractivity contribution in [1.29, 1.82) is 0 Å². The van der Waals surface area contributed by atoms with Gasteiger partial charge in [0.05, 0.1) is 5.00 Å². The summed E-state index contributed by atoms with van der Waals surface area (Å²) in [6.07, 6.45) is 3.69. The van der Waals surface area contributed by atoms with Gasteiger partial charge in [-0.05, 0) is 34.7 Å². The molecule has 0 bridgehead atoms. The summed E-state index contributed by atoms with van der Waals surface area (Å²) in [7, 11) is 0. The van der Waals surface area contributed by atoms with Crippen molar-refractivity contribution < 1.29 is 0 Å². The Bertz CT molecular complexity index is 643. The number of fused-ring (bicyclic) bond motifs is 1. The third-order valence-corrected chi connectivity index (χ3v) is 3.36. The van der Waals surface area contributed by atoms with Gasteiger partial charge in [-0.15, -0.1) is 11.3 Å². The predicted molar refractivity (Wildman–Crippen MR) is 69.5 cm³/mol. The minimum Gasteiger partial charge on any atom is -0.391 e. The van der Waals surface area contributed by atoms with Crippen molar-refractivity contribution >= 4 is 27.1 Å². The van der Waals surface area contributed by atoms with Gasteiger partial charge in [0.25, 0.3) is 0 Å². The maximum atomic E-state index is 5.74. The topological polar surface area (TPSA) is 38.9 Å². The van der Waals surface area contributed by atoms with Gasteiger partial charge in [-0.25, -0.2) is 0 Å². The molecule has 3 heteroatoms. The fourth-order valence-corrected chi connectivity index (χ4v) is 2.43. The summed E-state index contributed by atoms with van der Waals surface area (Å²) in [5.74, 6) is 0. The molecule has 0 radical (unpaired) electrons. The molecular weight excluding hydrogens is 216 g/mol. The Hall–Kier alpha value is -1.87. The molecule has 2 aromatic heterocycles. The molecule has 0 saturated carbocycles. The molecule has 2 nitrogen and oxygen atoms in total. The molecule has 2 N–H and O–H groups in total. The van der Waals surface area contributed by atoms with E-state index in [1.165, 1.54) is 16.5 Å². The maximum absolute atomic E-state index is 5.74. The van der Waals surface area contributed by atoms with Crippen molar-refractivity contribution in [1.82, 2.24) is 4.98 Å². The zero-order valence-electron chi connectivity index (χ0n) is 8.55. The Balaban J connectivity index is 2.18. The molecule has 3 aromatic rings. The van der Waals surface area contributed by atoms with Crippen molar-refractivity contribution in [2.45, 2.75) is 0 Å². The molecule has 0 spiro atoms. The minimum atomic E-state index is 0.852. The van der Waals surface area contributed by atoms with Crippen molar-refractivity contribution in [2.75, 3.05) is 5.73 Å². The quantitative estimate of drug-likeness (QED) is 0.689. The van der Waals surface area contributed by atoms with Gasteiger partial charge in [-0.1, -0.05) is 12.1 Å². The number of hydrogen-bond donors (Lipinski definition) is 1. The summed E-state index contributed by atoms with van der Waals surface area (Å²) < 4.78 is 0. The summed E-state index contributed by atoms with van der Waals surface area (Å²) in [5.41, 5.74) is 8.12. The zero-order valence-corrected chi connectivity index (χ0v) is 9.37. The van der Waals surface area contributed by atoms with E-state index in [1.807, 2.05) is 24.5 Å². The number of rotatable bonds is 1.